The Morgan fingerprint density at radius 2 is 2.23 bits per heavy atom. The Hall–Kier alpha value is -2.65. The molecule has 130 valence electrons. The fourth-order valence-corrected chi connectivity index (χ4v) is 4.88. The van der Waals surface area contributed by atoms with Crippen LogP contribution < -0.4 is 5.56 Å². The second-order valence-corrected chi connectivity index (χ2v) is 8.09. The minimum Gasteiger partial charge on any atom is -0.323 e. The molecule has 4 aromatic heterocycles. The predicted octanol–water partition coefficient (Wildman–Crippen LogP) is 2.40. The first-order valence-electron chi connectivity index (χ1n) is 8.13. The minimum atomic E-state index is -0.116. The molecule has 7 nitrogen and oxygen atoms in total. The Morgan fingerprint density at radius 1 is 1.31 bits per heavy atom. The molecule has 0 saturated heterocycles. The number of nitrogens with zero attached hydrogens (tertiary/aromatic N) is 6. The lowest BCUT2D eigenvalue weighted by molar-refractivity contribution is 0.641. The smallest absolute Gasteiger partial charge is 0.291 e. The molecular weight excluding hydrogens is 368 g/mol. The Balaban J connectivity index is 1.61. The lowest BCUT2D eigenvalue weighted by Gasteiger charge is -2.03. The Kier molecular flexibility index (Phi) is 3.57. The summed E-state index contributed by atoms with van der Waals surface area (Å²) in [4.78, 5) is 26.3. The van der Waals surface area contributed by atoms with Crippen molar-refractivity contribution in [2.75, 3.05) is 6.54 Å². The second-order valence-electron chi connectivity index (χ2n) is 6.03. The van der Waals surface area contributed by atoms with Gasteiger partial charge in [0.25, 0.3) is 5.56 Å². The number of rotatable bonds is 4. The van der Waals surface area contributed by atoms with Crippen LogP contribution in [0.4, 0.5) is 0 Å². The van der Waals surface area contributed by atoms with Crippen LogP contribution in [-0.4, -0.2) is 36.6 Å². The Morgan fingerprint density at radius 3 is 3.00 bits per heavy atom. The molecule has 0 spiro atoms. The third-order valence-corrected chi connectivity index (χ3v) is 6.22. The molecule has 5 rings (SSSR count). The van der Waals surface area contributed by atoms with Crippen LogP contribution in [-0.2, 0) is 20.0 Å². The highest BCUT2D eigenvalue weighted by atomic mass is 32.1. The van der Waals surface area contributed by atoms with Crippen LogP contribution in [0.3, 0.4) is 0 Å². The number of aliphatic imine (C=N–C) groups is 1. The molecule has 4 aromatic rings. The van der Waals surface area contributed by atoms with Crippen LogP contribution >= 0.6 is 22.7 Å². The first kappa shape index (κ1) is 15.6. The van der Waals surface area contributed by atoms with E-state index in [9.17, 15) is 4.79 Å². The first-order valence-corrected chi connectivity index (χ1v) is 9.82. The fourth-order valence-electron chi connectivity index (χ4n) is 3.16. The van der Waals surface area contributed by atoms with Gasteiger partial charge in [-0.1, -0.05) is 6.08 Å². The van der Waals surface area contributed by atoms with Gasteiger partial charge in [-0.3, -0.25) is 9.79 Å². The Labute approximate surface area is 156 Å². The molecule has 0 atom stereocenters. The van der Waals surface area contributed by atoms with Gasteiger partial charge in [0.1, 0.15) is 15.5 Å². The summed E-state index contributed by atoms with van der Waals surface area (Å²) >= 11 is 3.12. The molecule has 0 amide bonds. The molecule has 0 fully saturated rings. The van der Waals surface area contributed by atoms with Crippen molar-refractivity contribution < 1.29 is 0 Å². The number of aromatic nitrogens is 5. The number of allylic oxidation sites excluding steroid dienone is 1. The van der Waals surface area contributed by atoms with Crippen molar-refractivity contribution in [1.29, 1.82) is 0 Å². The number of hydrogen-bond acceptors (Lipinski definition) is 7. The molecule has 1 aliphatic heterocycles. The molecular formula is C17H14N6OS2. The highest BCUT2D eigenvalue weighted by Gasteiger charge is 2.19. The number of fused-ring (bicyclic) bond motifs is 3. The van der Waals surface area contributed by atoms with Gasteiger partial charge in [0.05, 0.1) is 24.0 Å². The van der Waals surface area contributed by atoms with Gasteiger partial charge in [0.2, 0.25) is 0 Å². The van der Waals surface area contributed by atoms with E-state index in [2.05, 4.69) is 15.1 Å². The minimum absolute atomic E-state index is 0.116. The zero-order valence-corrected chi connectivity index (χ0v) is 15.5. The summed E-state index contributed by atoms with van der Waals surface area (Å²) in [5.41, 5.74) is 2.40. The van der Waals surface area contributed by atoms with Crippen molar-refractivity contribution in [2.24, 2.45) is 12.0 Å². The predicted molar refractivity (Wildman–Crippen MR) is 105 cm³/mol. The van der Waals surface area contributed by atoms with Crippen molar-refractivity contribution in [3.63, 3.8) is 0 Å². The van der Waals surface area contributed by atoms with E-state index in [1.54, 1.807) is 23.7 Å². The fraction of sp³-hybridized carbons (Fsp3) is 0.235. The van der Waals surface area contributed by atoms with Crippen LogP contribution in [0.25, 0.3) is 21.3 Å². The van der Waals surface area contributed by atoms with Crippen molar-refractivity contribution in [3.05, 3.63) is 50.3 Å². The van der Waals surface area contributed by atoms with Gasteiger partial charge in [-0.25, -0.2) is 14.6 Å². The summed E-state index contributed by atoms with van der Waals surface area (Å²) in [6, 6.07) is 0. The van der Waals surface area contributed by atoms with E-state index in [4.69, 9.17) is 4.98 Å². The van der Waals surface area contributed by atoms with Gasteiger partial charge in [-0.2, -0.15) is 5.10 Å². The summed E-state index contributed by atoms with van der Waals surface area (Å²) in [6.45, 7) is 1.14. The molecule has 0 bridgehead atoms. The van der Waals surface area contributed by atoms with Gasteiger partial charge in [0.15, 0.2) is 5.65 Å². The zero-order chi connectivity index (χ0) is 17.7. The summed E-state index contributed by atoms with van der Waals surface area (Å²) in [5, 5.41) is 8.98. The van der Waals surface area contributed by atoms with Crippen LogP contribution in [0.15, 0.2) is 39.7 Å². The number of aryl methyl sites for hydroxylation is 1. The van der Waals surface area contributed by atoms with Crippen molar-refractivity contribution in [1.82, 2.24) is 24.3 Å². The van der Waals surface area contributed by atoms with E-state index < -0.39 is 0 Å². The SMILES string of the molecule is Cn1c2nc(CC3=NCC=C3)sc2c2cnn(Cc3nccs3)c(=O)c21. The summed E-state index contributed by atoms with van der Waals surface area (Å²) in [6.07, 6.45) is 8.32. The van der Waals surface area contributed by atoms with Gasteiger partial charge in [-0.05, 0) is 6.08 Å². The van der Waals surface area contributed by atoms with E-state index in [1.165, 1.54) is 16.0 Å². The van der Waals surface area contributed by atoms with Crippen molar-refractivity contribution in [2.45, 2.75) is 13.0 Å². The van der Waals surface area contributed by atoms with E-state index in [0.717, 1.165) is 44.4 Å². The number of thiazole rings is 2. The van der Waals surface area contributed by atoms with E-state index in [1.807, 2.05) is 29.1 Å². The van der Waals surface area contributed by atoms with Gasteiger partial charge in [-0.15, -0.1) is 22.7 Å². The van der Waals surface area contributed by atoms with E-state index >= 15 is 0 Å². The second kappa shape index (κ2) is 5.96. The van der Waals surface area contributed by atoms with Crippen molar-refractivity contribution >= 4 is 49.6 Å². The van der Waals surface area contributed by atoms with E-state index in [0.29, 0.717) is 12.1 Å². The van der Waals surface area contributed by atoms with Crippen LogP contribution in [0.5, 0.6) is 0 Å². The monoisotopic (exact) mass is 382 g/mol. The maximum atomic E-state index is 12.9. The molecule has 1 aliphatic rings. The Bertz CT molecular complexity index is 1240. The molecule has 0 saturated carbocycles. The van der Waals surface area contributed by atoms with Gasteiger partial charge >= 0.3 is 0 Å². The van der Waals surface area contributed by atoms with Crippen LogP contribution in [0, 0.1) is 0 Å². The van der Waals surface area contributed by atoms with E-state index in [-0.39, 0.29) is 5.56 Å². The highest BCUT2D eigenvalue weighted by molar-refractivity contribution is 7.19. The largest absolute Gasteiger partial charge is 0.323 e. The lowest BCUT2D eigenvalue weighted by atomic mass is 10.3. The lowest BCUT2D eigenvalue weighted by Crippen LogP contribution is -2.24. The highest BCUT2D eigenvalue weighted by Crippen LogP contribution is 2.31. The van der Waals surface area contributed by atoms with Crippen molar-refractivity contribution in [3.8, 4) is 0 Å². The molecule has 9 heteroatoms. The molecule has 26 heavy (non-hydrogen) atoms. The normalized spacial score (nSPS) is 14.0. The standard InChI is InChI=1S/C17H14N6OS2/c1-22-14-11(8-20-23(17(14)24)9-13-19-5-6-25-13)15-16(22)21-12(26-15)7-10-3-2-4-18-10/h2-3,5-6,8H,4,7,9H2,1H3. The number of hydrogen-bond donors (Lipinski definition) is 0. The first-order chi connectivity index (χ1) is 12.7. The average molecular weight is 382 g/mol. The summed E-state index contributed by atoms with van der Waals surface area (Å²) < 4.78 is 4.34. The molecule has 0 radical (unpaired) electrons. The third-order valence-electron chi connectivity index (χ3n) is 4.38. The molecule has 0 N–H and O–H groups in total. The molecule has 0 aliphatic carbocycles. The van der Waals surface area contributed by atoms with Gasteiger partial charge in [0, 0.05) is 36.1 Å². The molecule has 0 aromatic carbocycles. The third kappa shape index (κ3) is 2.43. The zero-order valence-electron chi connectivity index (χ0n) is 13.9. The average Bonchev–Trinajstić information content (AvgIpc) is 3.39. The van der Waals surface area contributed by atoms with Crippen LogP contribution in [0.1, 0.15) is 10.0 Å². The molecule has 5 heterocycles. The maximum absolute atomic E-state index is 12.9. The van der Waals surface area contributed by atoms with Crippen LogP contribution in [0.2, 0.25) is 0 Å². The van der Waals surface area contributed by atoms with Gasteiger partial charge < -0.3 is 4.57 Å². The quantitative estimate of drug-likeness (QED) is 0.543. The molecule has 0 unspecified atom stereocenters. The summed E-state index contributed by atoms with van der Waals surface area (Å²) in [5.74, 6) is 0. The summed E-state index contributed by atoms with van der Waals surface area (Å²) in [7, 11) is 1.89. The maximum Gasteiger partial charge on any atom is 0.291 e. The topological polar surface area (TPSA) is 78.0 Å².